The van der Waals surface area contributed by atoms with Gasteiger partial charge < -0.3 is 9.84 Å². The Morgan fingerprint density at radius 1 is 1.08 bits per heavy atom. The van der Waals surface area contributed by atoms with Crippen LogP contribution in [0.15, 0.2) is 64.0 Å². The summed E-state index contributed by atoms with van der Waals surface area (Å²) in [6.07, 6.45) is 1.11. The predicted molar refractivity (Wildman–Crippen MR) is 90.5 cm³/mol. The van der Waals surface area contributed by atoms with Gasteiger partial charge in [-0.15, -0.1) is 0 Å². The number of carbonyl (C=O) groups excluding carboxylic acids is 1. The highest BCUT2D eigenvalue weighted by molar-refractivity contribution is 7.90. The quantitative estimate of drug-likeness (QED) is 0.750. The molecule has 0 aliphatic carbocycles. The van der Waals surface area contributed by atoms with Crippen LogP contribution in [-0.2, 0) is 16.4 Å². The van der Waals surface area contributed by atoms with E-state index in [-0.39, 0.29) is 23.2 Å². The second kappa shape index (κ2) is 6.86. The van der Waals surface area contributed by atoms with Crippen LogP contribution < -0.4 is 5.32 Å². The van der Waals surface area contributed by atoms with Crippen LogP contribution in [0.25, 0.3) is 11.4 Å². The number of aromatic nitrogens is 2. The lowest BCUT2D eigenvalue weighted by Crippen LogP contribution is -2.23. The standard InChI is InChI=1S/C17H15N3O4S/c1-25(22,23)14-9-7-13(8-10-14)17(21)18-11-15-19-16(20-24-15)12-5-3-2-4-6-12/h2-10H,11H2,1H3,(H,18,21). The first-order valence-corrected chi connectivity index (χ1v) is 9.29. The van der Waals surface area contributed by atoms with Gasteiger partial charge >= 0.3 is 0 Å². The van der Waals surface area contributed by atoms with Crippen molar-refractivity contribution < 1.29 is 17.7 Å². The number of amides is 1. The Morgan fingerprint density at radius 3 is 2.40 bits per heavy atom. The maximum Gasteiger partial charge on any atom is 0.251 e. The van der Waals surface area contributed by atoms with Gasteiger partial charge in [0.05, 0.1) is 11.4 Å². The van der Waals surface area contributed by atoms with E-state index >= 15 is 0 Å². The first-order chi connectivity index (χ1) is 11.9. The molecule has 3 rings (SSSR count). The normalized spacial score (nSPS) is 11.2. The van der Waals surface area contributed by atoms with E-state index in [1.165, 1.54) is 24.3 Å². The molecule has 25 heavy (non-hydrogen) atoms. The number of nitrogens with zero attached hydrogens (tertiary/aromatic N) is 2. The third-order valence-corrected chi connectivity index (χ3v) is 4.57. The lowest BCUT2D eigenvalue weighted by atomic mass is 10.2. The van der Waals surface area contributed by atoms with Gasteiger partial charge in [0.2, 0.25) is 11.7 Å². The van der Waals surface area contributed by atoms with Crippen LogP contribution in [0.4, 0.5) is 0 Å². The Hall–Kier alpha value is -3.00. The Kier molecular flexibility index (Phi) is 4.62. The van der Waals surface area contributed by atoms with Crippen molar-refractivity contribution in [3.05, 3.63) is 66.1 Å². The molecule has 2 aromatic carbocycles. The molecule has 7 nitrogen and oxygen atoms in total. The van der Waals surface area contributed by atoms with Crippen molar-refractivity contribution in [2.45, 2.75) is 11.4 Å². The van der Waals surface area contributed by atoms with Crippen molar-refractivity contribution in [2.24, 2.45) is 0 Å². The van der Waals surface area contributed by atoms with Gasteiger partial charge in [-0.3, -0.25) is 4.79 Å². The molecule has 0 aliphatic heterocycles. The highest BCUT2D eigenvalue weighted by Gasteiger charge is 2.12. The minimum Gasteiger partial charge on any atom is -0.343 e. The van der Waals surface area contributed by atoms with Crippen LogP contribution in [0, 0.1) is 0 Å². The van der Waals surface area contributed by atoms with Crippen molar-refractivity contribution in [3.8, 4) is 11.4 Å². The van der Waals surface area contributed by atoms with E-state index in [1.54, 1.807) is 0 Å². The molecule has 3 aromatic rings. The zero-order chi connectivity index (χ0) is 17.9. The molecule has 0 saturated heterocycles. The van der Waals surface area contributed by atoms with Gasteiger partial charge in [-0.25, -0.2) is 8.42 Å². The summed E-state index contributed by atoms with van der Waals surface area (Å²) < 4.78 is 27.9. The van der Waals surface area contributed by atoms with E-state index < -0.39 is 9.84 Å². The van der Waals surface area contributed by atoms with E-state index in [4.69, 9.17) is 4.52 Å². The summed E-state index contributed by atoms with van der Waals surface area (Å²) in [5.74, 6) is 0.363. The summed E-state index contributed by atoms with van der Waals surface area (Å²) in [6, 6.07) is 15.0. The number of hydrogen-bond acceptors (Lipinski definition) is 6. The number of carbonyl (C=O) groups is 1. The lowest BCUT2D eigenvalue weighted by molar-refractivity contribution is 0.0946. The van der Waals surface area contributed by atoms with Gasteiger partial charge in [0.1, 0.15) is 0 Å². The Balaban J connectivity index is 1.64. The van der Waals surface area contributed by atoms with Gasteiger partial charge in [-0.05, 0) is 24.3 Å². The topological polar surface area (TPSA) is 102 Å². The maximum absolute atomic E-state index is 12.1. The molecule has 1 aromatic heterocycles. The van der Waals surface area contributed by atoms with Crippen molar-refractivity contribution >= 4 is 15.7 Å². The molecule has 8 heteroatoms. The number of nitrogens with one attached hydrogen (secondary N) is 1. The van der Waals surface area contributed by atoms with Crippen LogP contribution >= 0.6 is 0 Å². The fourth-order valence-corrected chi connectivity index (χ4v) is 2.77. The number of rotatable bonds is 5. The van der Waals surface area contributed by atoms with Crippen LogP contribution in [-0.4, -0.2) is 30.7 Å². The zero-order valence-corrected chi connectivity index (χ0v) is 14.2. The molecule has 1 amide bonds. The van der Waals surface area contributed by atoms with E-state index in [9.17, 15) is 13.2 Å². The van der Waals surface area contributed by atoms with Crippen molar-refractivity contribution in [1.29, 1.82) is 0 Å². The van der Waals surface area contributed by atoms with E-state index in [1.807, 2.05) is 30.3 Å². The van der Waals surface area contributed by atoms with Gasteiger partial charge in [-0.2, -0.15) is 4.98 Å². The second-order valence-electron chi connectivity index (χ2n) is 5.36. The van der Waals surface area contributed by atoms with Gasteiger partial charge in [0.25, 0.3) is 5.91 Å². The SMILES string of the molecule is CS(=O)(=O)c1ccc(C(=O)NCc2nc(-c3ccccc3)no2)cc1. The minimum absolute atomic E-state index is 0.0759. The molecular weight excluding hydrogens is 342 g/mol. The van der Waals surface area contributed by atoms with Gasteiger partial charge in [0, 0.05) is 17.4 Å². The van der Waals surface area contributed by atoms with Gasteiger partial charge in [-0.1, -0.05) is 35.5 Å². The molecule has 1 heterocycles. The molecule has 0 unspecified atom stereocenters. The predicted octanol–water partition coefficient (Wildman–Crippen LogP) is 2.07. The average molecular weight is 357 g/mol. The van der Waals surface area contributed by atoms with Crippen LogP contribution in [0.2, 0.25) is 0 Å². The minimum atomic E-state index is -3.29. The lowest BCUT2D eigenvalue weighted by Gasteiger charge is -2.03. The average Bonchev–Trinajstić information content (AvgIpc) is 3.09. The highest BCUT2D eigenvalue weighted by Crippen LogP contribution is 2.15. The smallest absolute Gasteiger partial charge is 0.251 e. The number of hydrogen-bond donors (Lipinski definition) is 1. The Bertz CT molecular complexity index is 980. The van der Waals surface area contributed by atoms with E-state index in [0.717, 1.165) is 11.8 Å². The summed E-state index contributed by atoms with van der Waals surface area (Å²) >= 11 is 0. The van der Waals surface area contributed by atoms with Gasteiger partial charge in [0.15, 0.2) is 9.84 Å². The molecule has 0 spiro atoms. The summed E-state index contributed by atoms with van der Waals surface area (Å²) in [5.41, 5.74) is 1.16. The molecule has 0 fully saturated rings. The summed E-state index contributed by atoms with van der Waals surface area (Å²) in [4.78, 5) is 16.5. The Morgan fingerprint density at radius 2 is 1.76 bits per heavy atom. The molecule has 128 valence electrons. The van der Waals surface area contributed by atoms with Crippen molar-refractivity contribution in [1.82, 2.24) is 15.5 Å². The largest absolute Gasteiger partial charge is 0.343 e. The van der Waals surface area contributed by atoms with E-state index in [2.05, 4.69) is 15.5 Å². The number of benzene rings is 2. The Labute approximate surface area is 144 Å². The summed E-state index contributed by atoms with van der Waals surface area (Å²) in [7, 11) is -3.29. The van der Waals surface area contributed by atoms with Crippen molar-refractivity contribution in [3.63, 3.8) is 0 Å². The monoisotopic (exact) mass is 357 g/mol. The molecule has 0 bridgehead atoms. The fraction of sp³-hybridized carbons (Fsp3) is 0.118. The molecular formula is C17H15N3O4S. The highest BCUT2D eigenvalue weighted by atomic mass is 32.2. The molecule has 0 saturated carbocycles. The molecule has 1 N–H and O–H groups in total. The number of sulfone groups is 1. The van der Waals surface area contributed by atoms with E-state index in [0.29, 0.717) is 11.4 Å². The van der Waals surface area contributed by atoms with Crippen LogP contribution in [0.1, 0.15) is 16.2 Å². The molecule has 0 aliphatic rings. The third kappa shape index (κ3) is 4.10. The van der Waals surface area contributed by atoms with Crippen LogP contribution in [0.5, 0.6) is 0 Å². The molecule has 0 radical (unpaired) electrons. The maximum atomic E-state index is 12.1. The fourth-order valence-electron chi connectivity index (χ4n) is 2.14. The van der Waals surface area contributed by atoms with Crippen LogP contribution in [0.3, 0.4) is 0 Å². The second-order valence-corrected chi connectivity index (χ2v) is 7.37. The molecule has 0 atom stereocenters. The first kappa shape index (κ1) is 16.8. The van der Waals surface area contributed by atoms with Crippen molar-refractivity contribution in [2.75, 3.05) is 6.26 Å². The zero-order valence-electron chi connectivity index (χ0n) is 13.3. The summed E-state index contributed by atoms with van der Waals surface area (Å²) in [6.45, 7) is 0.0759. The first-order valence-electron chi connectivity index (χ1n) is 7.40. The third-order valence-electron chi connectivity index (χ3n) is 3.44. The summed E-state index contributed by atoms with van der Waals surface area (Å²) in [5, 5.41) is 6.53.